The molecule has 2 heterocycles. The second-order valence-corrected chi connectivity index (χ2v) is 7.08. The van der Waals surface area contributed by atoms with E-state index in [4.69, 9.17) is 0 Å². The predicted molar refractivity (Wildman–Crippen MR) is 83.9 cm³/mol. The minimum atomic E-state index is -0.541. The Morgan fingerprint density at radius 2 is 2.14 bits per heavy atom. The van der Waals surface area contributed by atoms with Crippen molar-refractivity contribution in [3.63, 3.8) is 0 Å². The molecule has 2 aromatic rings. The lowest BCUT2D eigenvalue weighted by Crippen LogP contribution is -2.46. The van der Waals surface area contributed by atoms with Crippen molar-refractivity contribution >= 4 is 22.9 Å². The standard InChI is InChI=1S/C14H20N6S/c1-9(2)20-14(4,6-15)5-10(3)21-13-11-12(17-7-16-11)18-8-19-13/h7-10,20H,5H2,1-4H3,(H,16,17,18,19). The highest BCUT2D eigenvalue weighted by Crippen LogP contribution is 2.30. The highest BCUT2D eigenvalue weighted by atomic mass is 32.2. The van der Waals surface area contributed by atoms with Crippen LogP contribution in [0.5, 0.6) is 0 Å². The number of hydrogen-bond donors (Lipinski definition) is 2. The third-order valence-corrected chi connectivity index (χ3v) is 4.15. The summed E-state index contributed by atoms with van der Waals surface area (Å²) in [6.45, 7) is 8.14. The molecule has 2 unspecified atom stereocenters. The number of aromatic nitrogens is 4. The molecule has 2 aromatic heterocycles. The average Bonchev–Trinajstić information content (AvgIpc) is 2.87. The smallest absolute Gasteiger partial charge is 0.181 e. The molecule has 0 saturated heterocycles. The van der Waals surface area contributed by atoms with Gasteiger partial charge in [-0.25, -0.2) is 15.0 Å². The second kappa shape index (κ2) is 6.41. The summed E-state index contributed by atoms with van der Waals surface area (Å²) in [5, 5.41) is 13.9. The third-order valence-electron chi connectivity index (χ3n) is 3.05. The van der Waals surface area contributed by atoms with Crippen LogP contribution >= 0.6 is 11.8 Å². The summed E-state index contributed by atoms with van der Waals surface area (Å²) >= 11 is 1.63. The van der Waals surface area contributed by atoms with Gasteiger partial charge in [0.05, 0.1) is 12.4 Å². The van der Waals surface area contributed by atoms with Crippen LogP contribution in [0.3, 0.4) is 0 Å². The van der Waals surface area contributed by atoms with Gasteiger partial charge in [-0.1, -0.05) is 6.92 Å². The number of nitrogens with zero attached hydrogens (tertiary/aromatic N) is 4. The summed E-state index contributed by atoms with van der Waals surface area (Å²) in [4.78, 5) is 15.6. The van der Waals surface area contributed by atoms with Gasteiger partial charge in [-0.2, -0.15) is 5.26 Å². The van der Waals surface area contributed by atoms with E-state index in [1.165, 1.54) is 6.33 Å². The summed E-state index contributed by atoms with van der Waals surface area (Å²) in [6, 6.07) is 2.65. The maximum absolute atomic E-state index is 9.42. The first-order valence-corrected chi connectivity index (χ1v) is 7.81. The minimum Gasteiger partial charge on any atom is -0.341 e. The zero-order valence-corrected chi connectivity index (χ0v) is 13.5. The quantitative estimate of drug-likeness (QED) is 0.629. The predicted octanol–water partition coefficient (Wildman–Crippen LogP) is 2.50. The van der Waals surface area contributed by atoms with E-state index in [0.717, 1.165) is 17.0 Å². The minimum absolute atomic E-state index is 0.238. The molecule has 0 aromatic carbocycles. The molecule has 21 heavy (non-hydrogen) atoms. The third kappa shape index (κ3) is 3.93. The molecule has 0 amide bonds. The summed E-state index contributed by atoms with van der Waals surface area (Å²) < 4.78 is 0. The van der Waals surface area contributed by atoms with Crippen molar-refractivity contribution in [2.45, 2.75) is 56.0 Å². The van der Waals surface area contributed by atoms with E-state index in [9.17, 15) is 5.26 Å². The Morgan fingerprint density at radius 3 is 2.81 bits per heavy atom. The molecule has 0 aliphatic rings. The zero-order chi connectivity index (χ0) is 15.5. The lowest BCUT2D eigenvalue weighted by molar-refractivity contribution is 0.382. The van der Waals surface area contributed by atoms with E-state index >= 15 is 0 Å². The fourth-order valence-corrected chi connectivity index (χ4v) is 3.59. The van der Waals surface area contributed by atoms with E-state index in [2.05, 4.69) is 38.2 Å². The van der Waals surface area contributed by atoms with E-state index in [0.29, 0.717) is 5.65 Å². The Balaban J connectivity index is 2.09. The first-order chi connectivity index (χ1) is 9.93. The first-order valence-electron chi connectivity index (χ1n) is 6.93. The summed E-state index contributed by atoms with van der Waals surface area (Å²) in [5.74, 6) is 0. The van der Waals surface area contributed by atoms with Crippen molar-refractivity contribution in [2.75, 3.05) is 0 Å². The van der Waals surface area contributed by atoms with Crippen LogP contribution in [-0.2, 0) is 0 Å². The van der Waals surface area contributed by atoms with E-state index < -0.39 is 5.54 Å². The Bertz CT molecular complexity index is 646. The fraction of sp³-hybridized carbons (Fsp3) is 0.571. The van der Waals surface area contributed by atoms with Crippen LogP contribution < -0.4 is 5.32 Å². The largest absolute Gasteiger partial charge is 0.341 e. The summed E-state index contributed by atoms with van der Waals surface area (Å²) in [6.07, 6.45) is 3.87. The Kier molecular flexibility index (Phi) is 4.80. The van der Waals surface area contributed by atoms with E-state index in [1.807, 2.05) is 20.8 Å². The van der Waals surface area contributed by atoms with Crippen LogP contribution in [0.2, 0.25) is 0 Å². The lowest BCUT2D eigenvalue weighted by Gasteiger charge is -2.28. The van der Waals surface area contributed by atoms with Gasteiger partial charge < -0.3 is 4.98 Å². The molecule has 112 valence electrons. The van der Waals surface area contributed by atoms with Gasteiger partial charge in [0.1, 0.15) is 22.4 Å². The molecule has 0 spiro atoms. The molecule has 0 saturated carbocycles. The maximum atomic E-state index is 9.42. The van der Waals surface area contributed by atoms with E-state index in [1.54, 1.807) is 18.1 Å². The molecule has 2 atom stereocenters. The SMILES string of the molecule is CC(C)NC(C)(C#N)CC(C)Sc1ncnc2nc[nH]c12. The van der Waals surface area contributed by atoms with Crippen molar-refractivity contribution in [3.05, 3.63) is 12.7 Å². The highest BCUT2D eigenvalue weighted by molar-refractivity contribution is 8.00. The van der Waals surface area contributed by atoms with Gasteiger partial charge in [0.25, 0.3) is 0 Å². The van der Waals surface area contributed by atoms with Crippen LogP contribution in [0.1, 0.15) is 34.1 Å². The van der Waals surface area contributed by atoms with Crippen LogP contribution in [0, 0.1) is 11.3 Å². The monoisotopic (exact) mass is 304 g/mol. The molecular weight excluding hydrogens is 284 g/mol. The van der Waals surface area contributed by atoms with Gasteiger partial charge in [0, 0.05) is 11.3 Å². The Labute approximate surface area is 128 Å². The zero-order valence-electron chi connectivity index (χ0n) is 12.7. The molecule has 0 bridgehead atoms. The first kappa shape index (κ1) is 15.7. The van der Waals surface area contributed by atoms with Crippen molar-refractivity contribution in [1.29, 1.82) is 5.26 Å². The van der Waals surface area contributed by atoms with Crippen molar-refractivity contribution < 1.29 is 0 Å². The van der Waals surface area contributed by atoms with Crippen LogP contribution in [0.25, 0.3) is 11.2 Å². The average molecular weight is 304 g/mol. The van der Waals surface area contributed by atoms with Crippen LogP contribution in [0.15, 0.2) is 17.7 Å². The number of H-pyrrole nitrogens is 1. The number of nitrogens with one attached hydrogen (secondary N) is 2. The number of imidazole rings is 1. The molecule has 0 aliphatic carbocycles. The molecule has 2 rings (SSSR count). The number of rotatable bonds is 6. The highest BCUT2D eigenvalue weighted by Gasteiger charge is 2.27. The molecule has 0 radical (unpaired) electrons. The Hall–Kier alpha value is -1.65. The lowest BCUT2D eigenvalue weighted by atomic mass is 9.97. The molecule has 0 aliphatic heterocycles. The summed E-state index contributed by atoms with van der Waals surface area (Å²) in [7, 11) is 0. The molecule has 0 fully saturated rings. The van der Waals surface area contributed by atoms with Crippen molar-refractivity contribution in [2.24, 2.45) is 0 Å². The number of hydrogen-bond acceptors (Lipinski definition) is 6. The molecule has 7 heteroatoms. The molecule has 6 nitrogen and oxygen atoms in total. The van der Waals surface area contributed by atoms with E-state index in [-0.39, 0.29) is 11.3 Å². The van der Waals surface area contributed by atoms with Gasteiger partial charge in [-0.15, -0.1) is 11.8 Å². The van der Waals surface area contributed by atoms with Gasteiger partial charge >= 0.3 is 0 Å². The van der Waals surface area contributed by atoms with Crippen molar-refractivity contribution in [3.8, 4) is 6.07 Å². The fourth-order valence-electron chi connectivity index (χ4n) is 2.41. The molecular formula is C14H20N6S. The Morgan fingerprint density at radius 1 is 1.38 bits per heavy atom. The van der Waals surface area contributed by atoms with Crippen LogP contribution in [0.4, 0.5) is 0 Å². The summed E-state index contributed by atoms with van der Waals surface area (Å²) in [5.41, 5.74) is 0.980. The van der Waals surface area contributed by atoms with Crippen LogP contribution in [-0.4, -0.2) is 36.8 Å². The number of fused-ring (bicyclic) bond motifs is 1. The number of nitriles is 1. The normalized spacial score (nSPS) is 15.8. The van der Waals surface area contributed by atoms with Gasteiger partial charge in [0.2, 0.25) is 0 Å². The second-order valence-electron chi connectivity index (χ2n) is 5.66. The van der Waals surface area contributed by atoms with Gasteiger partial charge in [0.15, 0.2) is 5.65 Å². The van der Waals surface area contributed by atoms with Gasteiger partial charge in [-0.05, 0) is 27.2 Å². The topological polar surface area (TPSA) is 90.3 Å². The number of thioether (sulfide) groups is 1. The molecule has 2 N–H and O–H groups in total. The van der Waals surface area contributed by atoms with Gasteiger partial charge in [-0.3, -0.25) is 5.32 Å². The number of aromatic amines is 1. The maximum Gasteiger partial charge on any atom is 0.181 e. The van der Waals surface area contributed by atoms with Crippen molar-refractivity contribution in [1.82, 2.24) is 25.3 Å².